The second-order valence-corrected chi connectivity index (χ2v) is 4.64. The van der Waals surface area contributed by atoms with Crippen molar-refractivity contribution in [3.8, 4) is 0 Å². The van der Waals surface area contributed by atoms with Gasteiger partial charge in [-0.15, -0.1) is 0 Å². The molecule has 17 heavy (non-hydrogen) atoms. The summed E-state index contributed by atoms with van der Waals surface area (Å²) < 4.78 is 0. The van der Waals surface area contributed by atoms with Gasteiger partial charge in [-0.1, -0.05) is 13.3 Å². The minimum Gasteiger partial charge on any atom is -0.341 e. The lowest BCUT2D eigenvalue weighted by Gasteiger charge is -2.29. The number of piperidine rings is 1. The van der Waals surface area contributed by atoms with Crippen molar-refractivity contribution < 1.29 is 14.4 Å². The Kier molecular flexibility index (Phi) is 3.96. The minimum absolute atomic E-state index is 0.103. The molecular formula is C11H19N3O3. The van der Waals surface area contributed by atoms with Crippen molar-refractivity contribution in [1.82, 2.24) is 16.1 Å². The van der Waals surface area contributed by atoms with E-state index in [-0.39, 0.29) is 24.5 Å². The predicted molar refractivity (Wildman–Crippen MR) is 60.8 cm³/mol. The van der Waals surface area contributed by atoms with Gasteiger partial charge >= 0.3 is 0 Å². The Labute approximate surface area is 100 Å². The molecule has 2 amide bonds. The standard InChI is InChI=1S/C11H19N3O3/c1-2-7-3-4-12-8(5-7)10(15)13-9-6-17-14-11(9)16/h7-9,12H,2-6H2,1H3,(H,13,15)(H,14,16)/t7?,8?,9-/m1/s1. The Hall–Kier alpha value is -1.14. The Morgan fingerprint density at radius 2 is 2.41 bits per heavy atom. The summed E-state index contributed by atoms with van der Waals surface area (Å²) >= 11 is 0. The first-order chi connectivity index (χ1) is 8.20. The zero-order chi connectivity index (χ0) is 12.3. The maximum atomic E-state index is 12.0. The molecular weight excluding hydrogens is 222 g/mol. The van der Waals surface area contributed by atoms with Crippen LogP contribution in [0.4, 0.5) is 0 Å². The highest BCUT2D eigenvalue weighted by atomic mass is 16.7. The van der Waals surface area contributed by atoms with Crippen LogP contribution in [0, 0.1) is 5.92 Å². The van der Waals surface area contributed by atoms with Crippen molar-refractivity contribution in [3.63, 3.8) is 0 Å². The molecule has 2 aliphatic rings. The lowest BCUT2D eigenvalue weighted by molar-refractivity contribution is -0.130. The summed E-state index contributed by atoms with van der Waals surface area (Å²) in [6.45, 7) is 3.21. The summed E-state index contributed by atoms with van der Waals surface area (Å²) in [5.74, 6) is 0.218. The van der Waals surface area contributed by atoms with Gasteiger partial charge in [-0.05, 0) is 25.3 Å². The molecule has 0 aliphatic carbocycles. The van der Waals surface area contributed by atoms with Crippen molar-refractivity contribution >= 4 is 11.8 Å². The first-order valence-electron chi connectivity index (χ1n) is 6.16. The molecule has 3 N–H and O–H groups in total. The fraction of sp³-hybridized carbons (Fsp3) is 0.818. The van der Waals surface area contributed by atoms with Gasteiger partial charge in [-0.3, -0.25) is 14.4 Å². The number of hydrogen-bond acceptors (Lipinski definition) is 4. The van der Waals surface area contributed by atoms with Gasteiger partial charge in [0.2, 0.25) is 5.91 Å². The van der Waals surface area contributed by atoms with Crippen LogP contribution in [0.2, 0.25) is 0 Å². The van der Waals surface area contributed by atoms with Crippen molar-refractivity contribution in [2.75, 3.05) is 13.2 Å². The fourth-order valence-electron chi connectivity index (χ4n) is 2.29. The number of carbonyl (C=O) groups is 2. The zero-order valence-corrected chi connectivity index (χ0v) is 9.99. The number of hydroxylamine groups is 1. The molecule has 0 saturated carbocycles. The van der Waals surface area contributed by atoms with Crippen molar-refractivity contribution in [3.05, 3.63) is 0 Å². The van der Waals surface area contributed by atoms with E-state index in [1.807, 2.05) is 0 Å². The Morgan fingerprint density at radius 1 is 1.59 bits per heavy atom. The number of nitrogens with one attached hydrogen (secondary N) is 3. The summed E-state index contributed by atoms with van der Waals surface area (Å²) in [6.07, 6.45) is 3.06. The Bertz CT molecular complexity index is 308. The van der Waals surface area contributed by atoms with Crippen molar-refractivity contribution in [2.45, 2.75) is 38.3 Å². The average molecular weight is 241 g/mol. The molecule has 2 saturated heterocycles. The fourth-order valence-corrected chi connectivity index (χ4v) is 2.29. The van der Waals surface area contributed by atoms with Gasteiger partial charge in [0.25, 0.3) is 5.91 Å². The van der Waals surface area contributed by atoms with E-state index in [9.17, 15) is 9.59 Å². The summed E-state index contributed by atoms with van der Waals surface area (Å²) in [5, 5.41) is 5.89. The third-order valence-electron chi connectivity index (χ3n) is 3.46. The van der Waals surface area contributed by atoms with Gasteiger partial charge in [0.05, 0.1) is 6.04 Å². The van der Waals surface area contributed by atoms with E-state index in [4.69, 9.17) is 4.84 Å². The van der Waals surface area contributed by atoms with Crippen LogP contribution in [0.25, 0.3) is 0 Å². The molecule has 2 unspecified atom stereocenters. The largest absolute Gasteiger partial charge is 0.341 e. The van der Waals surface area contributed by atoms with E-state index < -0.39 is 6.04 Å². The topological polar surface area (TPSA) is 79.5 Å². The molecule has 6 nitrogen and oxygen atoms in total. The molecule has 0 bridgehead atoms. The molecule has 0 spiro atoms. The summed E-state index contributed by atoms with van der Waals surface area (Å²) in [5.41, 5.74) is 2.22. The van der Waals surface area contributed by atoms with Crippen LogP contribution in [-0.4, -0.2) is 37.0 Å². The van der Waals surface area contributed by atoms with Crippen LogP contribution in [0.1, 0.15) is 26.2 Å². The number of hydrogen-bond donors (Lipinski definition) is 3. The molecule has 2 heterocycles. The summed E-state index contributed by atoms with van der Waals surface area (Å²) in [4.78, 5) is 28.0. The van der Waals surface area contributed by atoms with Crippen molar-refractivity contribution in [2.24, 2.45) is 5.92 Å². The van der Waals surface area contributed by atoms with Crippen LogP contribution in [0.3, 0.4) is 0 Å². The maximum absolute atomic E-state index is 12.0. The average Bonchev–Trinajstić information content (AvgIpc) is 2.75. The lowest BCUT2D eigenvalue weighted by atomic mass is 9.90. The van der Waals surface area contributed by atoms with Gasteiger partial charge in [-0.2, -0.15) is 0 Å². The second-order valence-electron chi connectivity index (χ2n) is 4.64. The van der Waals surface area contributed by atoms with Gasteiger partial charge in [-0.25, -0.2) is 5.48 Å². The Balaban J connectivity index is 1.84. The lowest BCUT2D eigenvalue weighted by Crippen LogP contribution is -2.53. The Morgan fingerprint density at radius 3 is 3.06 bits per heavy atom. The molecule has 3 atom stereocenters. The van der Waals surface area contributed by atoms with Crippen molar-refractivity contribution in [1.29, 1.82) is 0 Å². The summed E-state index contributed by atoms with van der Waals surface area (Å²) in [7, 11) is 0. The molecule has 2 fully saturated rings. The van der Waals surface area contributed by atoms with E-state index >= 15 is 0 Å². The van der Waals surface area contributed by atoms with Crippen LogP contribution < -0.4 is 16.1 Å². The number of rotatable bonds is 3. The van der Waals surface area contributed by atoms with E-state index in [2.05, 4.69) is 23.0 Å². The zero-order valence-electron chi connectivity index (χ0n) is 9.99. The molecule has 0 aromatic heterocycles. The SMILES string of the molecule is CCC1CCNC(C(=O)N[C@@H]2CONC2=O)C1. The van der Waals surface area contributed by atoms with E-state index in [0.29, 0.717) is 5.92 Å². The van der Waals surface area contributed by atoms with E-state index in [0.717, 1.165) is 25.8 Å². The molecule has 2 aliphatic heterocycles. The van der Waals surface area contributed by atoms with Crippen LogP contribution in [0.5, 0.6) is 0 Å². The second kappa shape index (κ2) is 5.46. The van der Waals surface area contributed by atoms with Crippen LogP contribution >= 0.6 is 0 Å². The van der Waals surface area contributed by atoms with Gasteiger partial charge in [0.1, 0.15) is 12.6 Å². The van der Waals surface area contributed by atoms with Crippen LogP contribution in [0.15, 0.2) is 0 Å². The highest BCUT2D eigenvalue weighted by molar-refractivity contribution is 5.90. The molecule has 96 valence electrons. The van der Waals surface area contributed by atoms with Gasteiger partial charge in [0, 0.05) is 0 Å². The molecule has 0 aromatic carbocycles. The van der Waals surface area contributed by atoms with Crippen LogP contribution in [-0.2, 0) is 14.4 Å². The number of carbonyl (C=O) groups excluding carboxylic acids is 2. The molecule has 0 radical (unpaired) electrons. The van der Waals surface area contributed by atoms with E-state index in [1.165, 1.54) is 0 Å². The first-order valence-corrected chi connectivity index (χ1v) is 6.16. The van der Waals surface area contributed by atoms with Gasteiger partial charge in [0.15, 0.2) is 0 Å². The normalized spacial score (nSPS) is 33.2. The minimum atomic E-state index is -0.550. The quantitative estimate of drug-likeness (QED) is 0.611. The predicted octanol–water partition coefficient (Wildman–Crippen LogP) is -0.689. The highest BCUT2D eigenvalue weighted by Gasteiger charge is 2.31. The smallest absolute Gasteiger partial charge is 0.268 e. The maximum Gasteiger partial charge on any atom is 0.268 e. The first kappa shape index (κ1) is 12.3. The number of amides is 2. The monoisotopic (exact) mass is 241 g/mol. The molecule has 6 heteroatoms. The third kappa shape index (κ3) is 2.95. The summed E-state index contributed by atoms with van der Waals surface area (Å²) in [6, 6.07) is -0.728. The molecule has 0 aromatic rings. The highest BCUT2D eigenvalue weighted by Crippen LogP contribution is 2.19. The van der Waals surface area contributed by atoms with E-state index in [1.54, 1.807) is 0 Å². The third-order valence-corrected chi connectivity index (χ3v) is 3.46. The molecule has 2 rings (SSSR count). The van der Waals surface area contributed by atoms with Gasteiger partial charge < -0.3 is 10.6 Å².